The predicted octanol–water partition coefficient (Wildman–Crippen LogP) is 3.28. The molecule has 2 N–H and O–H groups in total. The van der Waals surface area contributed by atoms with Crippen molar-refractivity contribution in [3.63, 3.8) is 0 Å². The molecule has 0 aromatic heterocycles. The Balaban J connectivity index is 1.78. The summed E-state index contributed by atoms with van der Waals surface area (Å²) >= 11 is 0. The van der Waals surface area contributed by atoms with Crippen molar-refractivity contribution in [2.75, 3.05) is 6.26 Å². The van der Waals surface area contributed by atoms with Gasteiger partial charge in [-0.25, -0.2) is 8.42 Å². The molecule has 4 heteroatoms. The van der Waals surface area contributed by atoms with Gasteiger partial charge in [0, 0.05) is 12.3 Å². The molecule has 118 valence electrons. The molecule has 2 saturated carbocycles. The first kappa shape index (κ1) is 16.3. The Bertz CT molecular complexity index is 387. The maximum Gasteiger partial charge on any atom is 0.150 e. The quantitative estimate of drug-likeness (QED) is 0.847. The first-order valence-electron chi connectivity index (χ1n) is 8.41. The lowest BCUT2D eigenvalue weighted by molar-refractivity contribution is 0.264. The first-order valence-corrected chi connectivity index (χ1v) is 10.4. The fraction of sp³-hybridized carbons (Fsp3) is 1.00. The van der Waals surface area contributed by atoms with Gasteiger partial charge >= 0.3 is 0 Å². The smallest absolute Gasteiger partial charge is 0.150 e. The summed E-state index contributed by atoms with van der Waals surface area (Å²) in [7, 11) is -2.88. The third-order valence-electron chi connectivity index (χ3n) is 5.51. The summed E-state index contributed by atoms with van der Waals surface area (Å²) in [5, 5.41) is -0.137. The molecule has 2 aliphatic carbocycles. The van der Waals surface area contributed by atoms with Gasteiger partial charge in [0.25, 0.3) is 0 Å². The minimum Gasteiger partial charge on any atom is -0.327 e. The molecule has 0 saturated heterocycles. The van der Waals surface area contributed by atoms with Crippen LogP contribution in [0.2, 0.25) is 0 Å². The summed E-state index contributed by atoms with van der Waals surface area (Å²) in [5.41, 5.74) is 6.38. The average Bonchev–Trinajstić information content (AvgIpc) is 2.45. The molecule has 2 aliphatic rings. The van der Waals surface area contributed by atoms with Crippen molar-refractivity contribution in [2.45, 2.75) is 81.9 Å². The Morgan fingerprint density at radius 3 is 2.40 bits per heavy atom. The van der Waals surface area contributed by atoms with E-state index in [0.717, 1.165) is 38.0 Å². The maximum absolute atomic E-state index is 11.7. The van der Waals surface area contributed by atoms with E-state index in [4.69, 9.17) is 5.73 Å². The Kier molecular flexibility index (Phi) is 5.91. The largest absolute Gasteiger partial charge is 0.327 e. The van der Waals surface area contributed by atoms with Crippen LogP contribution in [0.5, 0.6) is 0 Å². The van der Waals surface area contributed by atoms with Crippen LogP contribution < -0.4 is 5.73 Å². The molecule has 3 atom stereocenters. The highest BCUT2D eigenvalue weighted by Gasteiger charge is 2.31. The summed E-state index contributed by atoms with van der Waals surface area (Å²) in [6, 6.07) is 0.210. The third kappa shape index (κ3) is 4.73. The standard InChI is InChI=1S/C16H31NO2S/c1-20(18,19)15-9-5-8-14(12-15)16(17)11-10-13-6-3-2-4-7-13/h13-16H,2-12,17H2,1H3. The van der Waals surface area contributed by atoms with Crippen molar-refractivity contribution >= 4 is 9.84 Å². The van der Waals surface area contributed by atoms with Gasteiger partial charge in [0.05, 0.1) is 5.25 Å². The molecular weight excluding hydrogens is 270 g/mol. The lowest BCUT2D eigenvalue weighted by Gasteiger charge is -2.33. The van der Waals surface area contributed by atoms with Gasteiger partial charge in [-0.1, -0.05) is 38.5 Å². The SMILES string of the molecule is CS(=O)(=O)C1CCCC(C(N)CCC2CCCCC2)C1. The molecule has 0 aromatic rings. The van der Waals surface area contributed by atoms with Crippen LogP contribution in [0.15, 0.2) is 0 Å². The second-order valence-electron chi connectivity index (χ2n) is 7.12. The maximum atomic E-state index is 11.7. The van der Waals surface area contributed by atoms with Crippen LogP contribution in [-0.4, -0.2) is 26.0 Å². The molecule has 2 rings (SSSR count). The molecule has 20 heavy (non-hydrogen) atoms. The van der Waals surface area contributed by atoms with Gasteiger partial charge in [0.2, 0.25) is 0 Å². The Morgan fingerprint density at radius 1 is 1.05 bits per heavy atom. The molecule has 3 unspecified atom stereocenters. The van der Waals surface area contributed by atoms with Crippen molar-refractivity contribution in [3.05, 3.63) is 0 Å². The number of nitrogens with two attached hydrogens (primary N) is 1. The van der Waals surface area contributed by atoms with Crippen molar-refractivity contribution < 1.29 is 8.42 Å². The summed E-state index contributed by atoms with van der Waals surface area (Å²) in [6.45, 7) is 0. The molecule has 0 aliphatic heterocycles. The van der Waals surface area contributed by atoms with Crippen molar-refractivity contribution in [2.24, 2.45) is 17.6 Å². The van der Waals surface area contributed by atoms with E-state index >= 15 is 0 Å². The Hall–Kier alpha value is -0.0900. The van der Waals surface area contributed by atoms with Crippen LogP contribution in [0.4, 0.5) is 0 Å². The van der Waals surface area contributed by atoms with Crippen LogP contribution in [0.25, 0.3) is 0 Å². The van der Waals surface area contributed by atoms with Crippen molar-refractivity contribution in [1.29, 1.82) is 0 Å². The monoisotopic (exact) mass is 301 g/mol. The second-order valence-corrected chi connectivity index (χ2v) is 9.45. The summed E-state index contributed by atoms with van der Waals surface area (Å²) in [6.07, 6.45) is 14.4. The van der Waals surface area contributed by atoms with Gasteiger partial charge in [0.15, 0.2) is 0 Å². The van der Waals surface area contributed by atoms with Crippen LogP contribution in [0.3, 0.4) is 0 Å². The van der Waals surface area contributed by atoms with Crippen LogP contribution in [-0.2, 0) is 9.84 Å². The van der Waals surface area contributed by atoms with E-state index in [2.05, 4.69) is 0 Å². The topological polar surface area (TPSA) is 60.2 Å². The summed E-state index contributed by atoms with van der Waals surface area (Å²) < 4.78 is 23.4. The van der Waals surface area contributed by atoms with Crippen LogP contribution in [0.1, 0.15) is 70.6 Å². The Labute approximate surface area is 124 Å². The number of sulfone groups is 1. The molecule has 0 aromatic carbocycles. The highest BCUT2D eigenvalue weighted by atomic mass is 32.2. The van der Waals surface area contributed by atoms with Gasteiger partial charge in [-0.05, 0) is 43.9 Å². The zero-order chi connectivity index (χ0) is 14.6. The third-order valence-corrected chi connectivity index (χ3v) is 7.15. The van der Waals surface area contributed by atoms with E-state index in [1.807, 2.05) is 0 Å². The summed E-state index contributed by atoms with van der Waals surface area (Å²) in [4.78, 5) is 0. The van der Waals surface area contributed by atoms with Crippen molar-refractivity contribution in [3.8, 4) is 0 Å². The van der Waals surface area contributed by atoms with E-state index in [0.29, 0.717) is 5.92 Å². The number of rotatable bonds is 5. The first-order chi connectivity index (χ1) is 9.47. The highest BCUT2D eigenvalue weighted by Crippen LogP contribution is 2.33. The molecule has 0 spiro atoms. The molecule has 0 bridgehead atoms. The van der Waals surface area contributed by atoms with Gasteiger partial charge < -0.3 is 5.73 Å². The minimum absolute atomic E-state index is 0.137. The van der Waals surface area contributed by atoms with Crippen LogP contribution in [0, 0.1) is 11.8 Å². The van der Waals surface area contributed by atoms with E-state index in [1.54, 1.807) is 0 Å². The molecule has 3 nitrogen and oxygen atoms in total. The van der Waals surface area contributed by atoms with Gasteiger partial charge in [-0.3, -0.25) is 0 Å². The lowest BCUT2D eigenvalue weighted by Crippen LogP contribution is -2.37. The van der Waals surface area contributed by atoms with Crippen molar-refractivity contribution in [1.82, 2.24) is 0 Å². The average molecular weight is 301 g/mol. The second kappa shape index (κ2) is 7.26. The zero-order valence-corrected chi connectivity index (χ0v) is 13.7. The van der Waals surface area contributed by atoms with Crippen LogP contribution >= 0.6 is 0 Å². The fourth-order valence-electron chi connectivity index (χ4n) is 4.10. The van der Waals surface area contributed by atoms with Gasteiger partial charge in [-0.15, -0.1) is 0 Å². The molecule has 0 heterocycles. The molecule has 2 fully saturated rings. The molecule has 0 radical (unpaired) electrons. The van der Waals surface area contributed by atoms with E-state index in [-0.39, 0.29) is 11.3 Å². The fourth-order valence-corrected chi connectivity index (χ4v) is 5.29. The zero-order valence-electron chi connectivity index (χ0n) is 12.9. The highest BCUT2D eigenvalue weighted by molar-refractivity contribution is 7.91. The molecular formula is C16H31NO2S. The van der Waals surface area contributed by atoms with Gasteiger partial charge in [0.1, 0.15) is 9.84 Å². The Morgan fingerprint density at radius 2 is 1.75 bits per heavy atom. The normalized spacial score (nSPS) is 31.1. The van der Waals surface area contributed by atoms with Gasteiger partial charge in [-0.2, -0.15) is 0 Å². The van der Waals surface area contributed by atoms with E-state index in [9.17, 15) is 8.42 Å². The number of hydrogen-bond acceptors (Lipinski definition) is 3. The minimum atomic E-state index is -2.88. The summed E-state index contributed by atoms with van der Waals surface area (Å²) in [5.74, 6) is 1.30. The number of hydrogen-bond donors (Lipinski definition) is 1. The van der Waals surface area contributed by atoms with E-state index < -0.39 is 9.84 Å². The lowest BCUT2D eigenvalue weighted by atomic mass is 9.79. The molecule has 0 amide bonds. The predicted molar refractivity (Wildman–Crippen MR) is 84.4 cm³/mol. The van der Waals surface area contributed by atoms with E-state index in [1.165, 1.54) is 44.8 Å².